The summed E-state index contributed by atoms with van der Waals surface area (Å²) in [5, 5.41) is 4.04. The van der Waals surface area contributed by atoms with Crippen molar-refractivity contribution in [1.82, 2.24) is 15.0 Å². The first kappa shape index (κ1) is 16.4. The molecule has 1 saturated carbocycles. The molecule has 0 radical (unpaired) electrons. The van der Waals surface area contributed by atoms with Gasteiger partial charge in [0.25, 0.3) is 0 Å². The van der Waals surface area contributed by atoms with Gasteiger partial charge in [-0.15, -0.1) is 0 Å². The van der Waals surface area contributed by atoms with Crippen molar-refractivity contribution in [3.05, 3.63) is 41.5 Å². The molecule has 1 aromatic heterocycles. The molecular formula is C17H19F2N3O3. The van der Waals surface area contributed by atoms with Gasteiger partial charge in [0, 0.05) is 19.0 Å². The summed E-state index contributed by atoms with van der Waals surface area (Å²) in [6, 6.07) is 6.65. The Morgan fingerprint density at radius 1 is 1.32 bits per heavy atom. The van der Waals surface area contributed by atoms with Gasteiger partial charge in [0.1, 0.15) is 5.75 Å². The van der Waals surface area contributed by atoms with Crippen molar-refractivity contribution in [2.24, 2.45) is 0 Å². The van der Waals surface area contributed by atoms with Gasteiger partial charge in [0.15, 0.2) is 5.82 Å². The van der Waals surface area contributed by atoms with Crippen LogP contribution in [0.4, 0.5) is 8.78 Å². The number of hydrogen-bond donors (Lipinski definition) is 0. The zero-order valence-electron chi connectivity index (χ0n) is 13.6. The Kier molecular flexibility index (Phi) is 4.63. The van der Waals surface area contributed by atoms with Crippen LogP contribution in [0.1, 0.15) is 42.1 Å². The fourth-order valence-corrected chi connectivity index (χ4v) is 2.97. The molecule has 1 atom stereocenters. The summed E-state index contributed by atoms with van der Waals surface area (Å²) in [6.07, 6.45) is 2.04. The third-order valence-electron chi connectivity index (χ3n) is 4.38. The number of rotatable bonds is 6. The Labute approximate surface area is 143 Å². The molecule has 4 rings (SSSR count). The van der Waals surface area contributed by atoms with Crippen LogP contribution in [-0.2, 0) is 11.3 Å². The van der Waals surface area contributed by atoms with Crippen LogP contribution in [0.2, 0.25) is 0 Å². The van der Waals surface area contributed by atoms with E-state index in [1.807, 2.05) is 6.07 Å². The van der Waals surface area contributed by atoms with E-state index in [-0.39, 0.29) is 11.9 Å². The second-order valence-corrected chi connectivity index (χ2v) is 6.37. The molecule has 1 aliphatic heterocycles. The van der Waals surface area contributed by atoms with Gasteiger partial charge < -0.3 is 14.0 Å². The summed E-state index contributed by atoms with van der Waals surface area (Å²) in [6.45, 7) is -0.304. The minimum absolute atomic E-state index is 0.139. The van der Waals surface area contributed by atoms with Crippen LogP contribution >= 0.6 is 0 Å². The SMILES string of the molecule is FC(F)Oc1cccc(C2CN(Cc3noc(C4CC4)n3)CCO2)c1. The van der Waals surface area contributed by atoms with Crippen LogP contribution in [0.15, 0.2) is 28.8 Å². The number of hydrogen-bond acceptors (Lipinski definition) is 6. The summed E-state index contributed by atoms with van der Waals surface area (Å²) >= 11 is 0. The highest BCUT2D eigenvalue weighted by molar-refractivity contribution is 5.30. The lowest BCUT2D eigenvalue weighted by Crippen LogP contribution is -2.38. The van der Waals surface area contributed by atoms with E-state index in [9.17, 15) is 8.78 Å². The average Bonchev–Trinajstić information content (AvgIpc) is 3.35. The molecule has 0 spiro atoms. The minimum Gasteiger partial charge on any atom is -0.435 e. The normalized spacial score (nSPS) is 21.6. The number of halogens is 2. The standard InChI is InChI=1S/C17H19F2N3O3/c18-17(19)24-13-3-1-2-12(8-13)14-9-22(6-7-23-14)10-15-20-16(25-21-15)11-4-5-11/h1-3,8,11,14,17H,4-7,9-10H2. The fraction of sp³-hybridized carbons (Fsp3) is 0.529. The highest BCUT2D eigenvalue weighted by Gasteiger charge is 2.30. The number of nitrogens with zero attached hydrogens (tertiary/aromatic N) is 3. The topological polar surface area (TPSA) is 60.6 Å². The summed E-state index contributed by atoms with van der Waals surface area (Å²) in [4.78, 5) is 6.62. The van der Waals surface area contributed by atoms with Crippen LogP contribution < -0.4 is 4.74 Å². The average molecular weight is 351 g/mol. The summed E-state index contributed by atoms with van der Waals surface area (Å²) < 4.78 is 40.3. The van der Waals surface area contributed by atoms with Crippen molar-refractivity contribution in [1.29, 1.82) is 0 Å². The number of aromatic nitrogens is 2. The number of alkyl halides is 2. The van der Waals surface area contributed by atoms with Crippen molar-refractivity contribution >= 4 is 0 Å². The van der Waals surface area contributed by atoms with Crippen LogP contribution in [0.5, 0.6) is 5.75 Å². The molecule has 2 heterocycles. The smallest absolute Gasteiger partial charge is 0.387 e. The quantitative estimate of drug-likeness (QED) is 0.797. The van der Waals surface area contributed by atoms with E-state index in [1.165, 1.54) is 6.07 Å². The molecule has 25 heavy (non-hydrogen) atoms. The van der Waals surface area contributed by atoms with Gasteiger partial charge in [-0.05, 0) is 30.5 Å². The molecule has 1 saturated heterocycles. The molecule has 2 fully saturated rings. The molecule has 8 heteroatoms. The molecule has 2 aliphatic rings. The van der Waals surface area contributed by atoms with Gasteiger partial charge in [-0.3, -0.25) is 4.90 Å². The van der Waals surface area contributed by atoms with E-state index in [0.29, 0.717) is 31.4 Å². The highest BCUT2D eigenvalue weighted by atomic mass is 19.3. The van der Waals surface area contributed by atoms with E-state index < -0.39 is 6.61 Å². The monoisotopic (exact) mass is 351 g/mol. The Morgan fingerprint density at radius 2 is 2.20 bits per heavy atom. The van der Waals surface area contributed by atoms with E-state index in [1.54, 1.807) is 12.1 Å². The predicted octanol–water partition coefficient (Wildman–Crippen LogP) is 3.12. The van der Waals surface area contributed by atoms with E-state index in [2.05, 4.69) is 19.8 Å². The molecule has 0 amide bonds. The predicted molar refractivity (Wildman–Crippen MR) is 83.3 cm³/mol. The largest absolute Gasteiger partial charge is 0.435 e. The Morgan fingerprint density at radius 3 is 3.00 bits per heavy atom. The highest BCUT2D eigenvalue weighted by Crippen LogP contribution is 2.39. The van der Waals surface area contributed by atoms with Crippen LogP contribution in [0.25, 0.3) is 0 Å². The maximum Gasteiger partial charge on any atom is 0.387 e. The molecular weight excluding hydrogens is 332 g/mol. The van der Waals surface area contributed by atoms with Crippen LogP contribution in [0, 0.1) is 0 Å². The lowest BCUT2D eigenvalue weighted by molar-refractivity contribution is -0.0509. The van der Waals surface area contributed by atoms with Crippen molar-refractivity contribution in [3.63, 3.8) is 0 Å². The molecule has 2 aromatic rings. The van der Waals surface area contributed by atoms with Crippen molar-refractivity contribution in [2.75, 3.05) is 19.7 Å². The Balaban J connectivity index is 1.40. The number of ether oxygens (including phenoxy) is 2. The van der Waals surface area contributed by atoms with Gasteiger partial charge in [-0.2, -0.15) is 13.8 Å². The maximum atomic E-state index is 12.4. The van der Waals surface area contributed by atoms with Crippen LogP contribution in [0.3, 0.4) is 0 Å². The van der Waals surface area contributed by atoms with Crippen molar-refractivity contribution < 1.29 is 22.8 Å². The van der Waals surface area contributed by atoms with Gasteiger partial charge in [0.05, 0.1) is 19.3 Å². The zero-order chi connectivity index (χ0) is 17.2. The molecule has 1 unspecified atom stereocenters. The summed E-state index contributed by atoms with van der Waals surface area (Å²) in [5.74, 6) is 1.99. The van der Waals surface area contributed by atoms with Gasteiger partial charge in [0.2, 0.25) is 5.89 Å². The van der Waals surface area contributed by atoms with Gasteiger partial charge >= 0.3 is 6.61 Å². The maximum absolute atomic E-state index is 12.4. The first-order valence-electron chi connectivity index (χ1n) is 8.38. The van der Waals surface area contributed by atoms with E-state index >= 15 is 0 Å². The van der Waals surface area contributed by atoms with Crippen molar-refractivity contribution in [2.45, 2.75) is 38.0 Å². The summed E-state index contributed by atoms with van der Waals surface area (Å²) in [7, 11) is 0. The summed E-state index contributed by atoms with van der Waals surface area (Å²) in [5.41, 5.74) is 0.814. The Bertz CT molecular complexity index is 721. The molecule has 0 bridgehead atoms. The molecule has 6 nitrogen and oxygen atoms in total. The molecule has 134 valence electrons. The first-order valence-corrected chi connectivity index (χ1v) is 8.38. The van der Waals surface area contributed by atoms with Gasteiger partial charge in [-0.25, -0.2) is 0 Å². The fourth-order valence-electron chi connectivity index (χ4n) is 2.97. The van der Waals surface area contributed by atoms with Gasteiger partial charge in [-0.1, -0.05) is 17.3 Å². The molecule has 0 N–H and O–H groups in total. The second-order valence-electron chi connectivity index (χ2n) is 6.37. The van der Waals surface area contributed by atoms with Crippen LogP contribution in [-0.4, -0.2) is 41.3 Å². The Hall–Kier alpha value is -2.06. The first-order chi connectivity index (χ1) is 12.2. The third-order valence-corrected chi connectivity index (χ3v) is 4.38. The third kappa shape index (κ3) is 4.13. The van der Waals surface area contributed by atoms with Crippen molar-refractivity contribution in [3.8, 4) is 5.75 Å². The zero-order valence-corrected chi connectivity index (χ0v) is 13.6. The second kappa shape index (κ2) is 7.05. The van der Waals surface area contributed by atoms with E-state index in [4.69, 9.17) is 9.26 Å². The number of benzene rings is 1. The minimum atomic E-state index is -2.84. The molecule has 1 aliphatic carbocycles. The lowest BCUT2D eigenvalue weighted by atomic mass is 10.1. The molecule has 1 aromatic carbocycles. The lowest BCUT2D eigenvalue weighted by Gasteiger charge is -2.32. The van der Waals surface area contributed by atoms with E-state index in [0.717, 1.165) is 30.8 Å². The number of morpholine rings is 1.